The second kappa shape index (κ2) is 2.35. The minimum absolute atomic E-state index is 0.320. The van der Waals surface area contributed by atoms with E-state index in [9.17, 15) is 5.11 Å². The van der Waals surface area contributed by atoms with Gasteiger partial charge >= 0.3 is 0 Å². The van der Waals surface area contributed by atoms with Gasteiger partial charge in [-0.2, -0.15) is 0 Å². The van der Waals surface area contributed by atoms with Crippen LogP contribution >= 0.6 is 0 Å². The van der Waals surface area contributed by atoms with Crippen LogP contribution < -0.4 is 0 Å². The molecule has 0 aromatic heterocycles. The minimum Gasteiger partial charge on any atom is -0.392 e. The number of hydrogen-bond donors (Lipinski definition) is 1. The second-order valence-corrected chi connectivity index (χ2v) is 4.83. The van der Waals surface area contributed by atoms with Gasteiger partial charge in [-0.05, 0) is 54.9 Å². The molecule has 2 fully saturated rings. The highest BCUT2D eigenvalue weighted by Crippen LogP contribution is 2.54. The van der Waals surface area contributed by atoms with Gasteiger partial charge in [0.05, 0.1) is 6.61 Å². The molecular weight excluding hydrogens is 148 g/mol. The number of allylic oxidation sites excluding steroid dienone is 1. The maximum atomic E-state index is 9.17. The van der Waals surface area contributed by atoms with Gasteiger partial charge in [-0.25, -0.2) is 0 Å². The number of aliphatic hydroxyl groups excluding tert-OH is 1. The molecule has 0 amide bonds. The third-order valence-corrected chi connectivity index (χ3v) is 4.19. The average Bonchev–Trinajstić information content (AvgIpc) is 2.27. The number of hydrogen-bond acceptors (Lipinski definition) is 1. The van der Waals surface area contributed by atoms with E-state index in [-0.39, 0.29) is 0 Å². The molecule has 3 aliphatic rings. The highest BCUT2D eigenvalue weighted by Gasteiger charge is 2.43. The zero-order valence-corrected chi connectivity index (χ0v) is 7.37. The summed E-state index contributed by atoms with van der Waals surface area (Å²) in [5.74, 6) is 3.59. The first-order valence-corrected chi connectivity index (χ1v) is 5.18. The molecule has 12 heavy (non-hydrogen) atoms. The van der Waals surface area contributed by atoms with E-state index in [1.165, 1.54) is 31.3 Å². The molecule has 0 radical (unpaired) electrons. The van der Waals surface area contributed by atoms with Crippen molar-refractivity contribution in [2.45, 2.75) is 25.7 Å². The summed E-state index contributed by atoms with van der Waals surface area (Å²) in [5, 5.41) is 9.17. The largest absolute Gasteiger partial charge is 0.392 e. The van der Waals surface area contributed by atoms with Crippen molar-refractivity contribution >= 4 is 0 Å². The minimum atomic E-state index is 0.320. The van der Waals surface area contributed by atoms with E-state index in [1.54, 1.807) is 0 Å². The van der Waals surface area contributed by atoms with Gasteiger partial charge in [-0.15, -0.1) is 0 Å². The van der Waals surface area contributed by atoms with Crippen molar-refractivity contribution in [1.29, 1.82) is 0 Å². The van der Waals surface area contributed by atoms with E-state index in [4.69, 9.17) is 0 Å². The van der Waals surface area contributed by atoms with Crippen molar-refractivity contribution in [1.82, 2.24) is 0 Å². The Balaban J connectivity index is 1.97. The smallest absolute Gasteiger partial charge is 0.0644 e. The fourth-order valence-corrected chi connectivity index (χ4v) is 3.70. The molecule has 0 aromatic carbocycles. The second-order valence-electron chi connectivity index (χ2n) is 4.83. The summed E-state index contributed by atoms with van der Waals surface area (Å²) in [6.07, 6.45) is 8.06. The first-order chi connectivity index (χ1) is 5.86. The van der Waals surface area contributed by atoms with Crippen LogP contribution in [0.1, 0.15) is 25.7 Å². The number of fused-ring (bicyclic) bond motifs is 2. The topological polar surface area (TPSA) is 20.2 Å². The molecule has 0 spiro atoms. The Hall–Kier alpha value is -0.300. The standard InChI is InChI=1S/C11H16O/c12-6-11-5-9-2-7-1-8(9)4-10(11)3-7/h5,7-10,12H,1-4,6H2. The van der Waals surface area contributed by atoms with Crippen molar-refractivity contribution in [3.63, 3.8) is 0 Å². The van der Waals surface area contributed by atoms with Crippen molar-refractivity contribution in [2.75, 3.05) is 6.61 Å². The predicted octanol–water partition coefficient (Wildman–Crippen LogP) is 1.97. The molecule has 0 aliphatic heterocycles. The lowest BCUT2D eigenvalue weighted by Gasteiger charge is -2.33. The van der Waals surface area contributed by atoms with Crippen LogP contribution in [0.3, 0.4) is 0 Å². The van der Waals surface area contributed by atoms with Gasteiger partial charge in [-0.1, -0.05) is 6.08 Å². The Labute approximate surface area is 73.5 Å². The maximum absolute atomic E-state index is 9.17. The van der Waals surface area contributed by atoms with Gasteiger partial charge in [0.1, 0.15) is 0 Å². The van der Waals surface area contributed by atoms with Crippen molar-refractivity contribution in [3.8, 4) is 0 Å². The summed E-state index contributed by atoms with van der Waals surface area (Å²) in [5.41, 5.74) is 1.36. The molecule has 4 unspecified atom stereocenters. The molecule has 0 heterocycles. The van der Waals surface area contributed by atoms with Crippen molar-refractivity contribution in [2.24, 2.45) is 23.7 Å². The lowest BCUT2D eigenvalue weighted by Crippen LogP contribution is -2.24. The molecule has 4 atom stereocenters. The molecule has 0 aromatic rings. The molecule has 1 heteroatoms. The van der Waals surface area contributed by atoms with Crippen LogP contribution in [0, 0.1) is 23.7 Å². The summed E-state index contributed by atoms with van der Waals surface area (Å²) in [6.45, 7) is 0.320. The first kappa shape index (κ1) is 7.14. The summed E-state index contributed by atoms with van der Waals surface area (Å²) >= 11 is 0. The van der Waals surface area contributed by atoms with Gasteiger partial charge in [0.25, 0.3) is 0 Å². The molecule has 3 aliphatic carbocycles. The fourth-order valence-electron chi connectivity index (χ4n) is 3.70. The molecule has 1 N–H and O–H groups in total. The Kier molecular flexibility index (Phi) is 1.40. The number of aliphatic hydroxyl groups is 1. The van der Waals surface area contributed by atoms with Crippen LogP contribution in [0.15, 0.2) is 11.6 Å². The molecule has 3 rings (SSSR count). The van der Waals surface area contributed by atoms with Gasteiger partial charge in [0.15, 0.2) is 0 Å². The van der Waals surface area contributed by atoms with E-state index in [0.29, 0.717) is 6.61 Å². The summed E-state index contributed by atoms with van der Waals surface area (Å²) in [4.78, 5) is 0. The number of rotatable bonds is 1. The van der Waals surface area contributed by atoms with E-state index < -0.39 is 0 Å². The Bertz CT molecular complexity index is 229. The molecule has 66 valence electrons. The Morgan fingerprint density at radius 3 is 3.00 bits per heavy atom. The van der Waals surface area contributed by atoms with E-state index in [2.05, 4.69) is 6.08 Å². The maximum Gasteiger partial charge on any atom is 0.0644 e. The quantitative estimate of drug-likeness (QED) is 0.587. The van der Waals surface area contributed by atoms with Crippen molar-refractivity contribution < 1.29 is 5.11 Å². The Morgan fingerprint density at radius 1 is 1.25 bits per heavy atom. The van der Waals surface area contributed by atoms with Crippen LogP contribution in [-0.2, 0) is 0 Å². The van der Waals surface area contributed by atoms with Gasteiger partial charge in [0.2, 0.25) is 0 Å². The molecule has 3 bridgehead atoms. The van der Waals surface area contributed by atoms with Crippen LogP contribution in [0.4, 0.5) is 0 Å². The zero-order valence-electron chi connectivity index (χ0n) is 7.37. The van der Waals surface area contributed by atoms with Crippen LogP contribution in [0.5, 0.6) is 0 Å². The third kappa shape index (κ3) is 0.832. The molecule has 0 saturated heterocycles. The zero-order chi connectivity index (χ0) is 8.13. The summed E-state index contributed by atoms with van der Waals surface area (Å²) in [7, 11) is 0. The molecule has 2 saturated carbocycles. The molecular formula is C11H16O. The van der Waals surface area contributed by atoms with E-state index in [0.717, 1.165) is 23.7 Å². The van der Waals surface area contributed by atoms with E-state index in [1.807, 2.05) is 0 Å². The summed E-state index contributed by atoms with van der Waals surface area (Å²) in [6, 6.07) is 0. The van der Waals surface area contributed by atoms with Crippen molar-refractivity contribution in [3.05, 3.63) is 11.6 Å². The van der Waals surface area contributed by atoms with Crippen LogP contribution in [0.25, 0.3) is 0 Å². The SMILES string of the molecule is OCC1=CC2CC3CC1CC2C3. The van der Waals surface area contributed by atoms with Crippen LogP contribution in [0.2, 0.25) is 0 Å². The normalized spacial score (nSPS) is 49.6. The molecule has 1 nitrogen and oxygen atoms in total. The van der Waals surface area contributed by atoms with Crippen LogP contribution in [-0.4, -0.2) is 11.7 Å². The average molecular weight is 164 g/mol. The highest BCUT2D eigenvalue weighted by atomic mass is 16.3. The van der Waals surface area contributed by atoms with E-state index >= 15 is 0 Å². The van der Waals surface area contributed by atoms with Gasteiger partial charge in [-0.3, -0.25) is 0 Å². The monoisotopic (exact) mass is 164 g/mol. The highest BCUT2D eigenvalue weighted by molar-refractivity contribution is 5.19. The van der Waals surface area contributed by atoms with Gasteiger partial charge < -0.3 is 5.11 Å². The summed E-state index contributed by atoms with van der Waals surface area (Å²) < 4.78 is 0. The lowest BCUT2D eigenvalue weighted by molar-refractivity contribution is 0.231. The van der Waals surface area contributed by atoms with Gasteiger partial charge in [0, 0.05) is 0 Å². The lowest BCUT2D eigenvalue weighted by atomic mass is 9.72. The third-order valence-electron chi connectivity index (χ3n) is 4.19. The fraction of sp³-hybridized carbons (Fsp3) is 0.818. The predicted molar refractivity (Wildman–Crippen MR) is 47.6 cm³/mol. The first-order valence-electron chi connectivity index (χ1n) is 5.18. The Morgan fingerprint density at radius 2 is 2.17 bits per heavy atom.